The Morgan fingerprint density at radius 3 is 2.56 bits per heavy atom. The Labute approximate surface area is 217 Å². The van der Waals surface area contributed by atoms with Gasteiger partial charge in [-0.1, -0.05) is 37.3 Å². The largest absolute Gasteiger partial charge is 0.490 e. The van der Waals surface area contributed by atoms with Crippen molar-refractivity contribution in [3.8, 4) is 11.5 Å². The van der Waals surface area contributed by atoms with E-state index in [1.165, 1.54) is 0 Å². The molecule has 0 unspecified atom stereocenters. The van der Waals surface area contributed by atoms with Gasteiger partial charge in [0.2, 0.25) is 0 Å². The van der Waals surface area contributed by atoms with E-state index in [2.05, 4.69) is 22.6 Å². The standard InChI is InChI=1S/C25H26INO6S/c1-4-16(3)33-22(28)14-27-24(29)21(34-25(27)30)13-18-11-19(26)23(20(12-18)31-5-2)32-15-17-9-7-6-8-10-17/h6-13,16H,4-5,14-15H2,1-3H3/b21-13+/t16-/m0/s1. The Morgan fingerprint density at radius 2 is 1.88 bits per heavy atom. The third-order valence-corrected chi connectivity index (χ3v) is 6.63. The number of halogens is 1. The molecule has 3 rings (SSSR count). The van der Waals surface area contributed by atoms with E-state index in [1.54, 1.807) is 19.1 Å². The monoisotopic (exact) mass is 595 g/mol. The molecule has 34 heavy (non-hydrogen) atoms. The van der Waals surface area contributed by atoms with Gasteiger partial charge in [-0.25, -0.2) is 0 Å². The Morgan fingerprint density at radius 1 is 1.15 bits per heavy atom. The number of nitrogens with zero attached hydrogens (tertiary/aromatic N) is 1. The summed E-state index contributed by atoms with van der Waals surface area (Å²) in [5.41, 5.74) is 1.72. The van der Waals surface area contributed by atoms with Crippen LogP contribution >= 0.6 is 34.4 Å². The molecule has 0 aliphatic carbocycles. The number of imide groups is 1. The van der Waals surface area contributed by atoms with Crippen LogP contribution in [0, 0.1) is 3.57 Å². The van der Waals surface area contributed by atoms with Crippen LogP contribution in [0.3, 0.4) is 0 Å². The Bertz CT molecular complexity index is 1090. The van der Waals surface area contributed by atoms with Gasteiger partial charge < -0.3 is 14.2 Å². The van der Waals surface area contributed by atoms with Gasteiger partial charge in [-0.05, 0) is 84.0 Å². The summed E-state index contributed by atoms with van der Waals surface area (Å²) in [5.74, 6) is 0.0387. The van der Waals surface area contributed by atoms with Gasteiger partial charge in [0, 0.05) is 0 Å². The van der Waals surface area contributed by atoms with Crippen LogP contribution in [0.5, 0.6) is 11.5 Å². The first-order valence-corrected chi connectivity index (χ1v) is 12.8. The van der Waals surface area contributed by atoms with Crippen LogP contribution in [0.2, 0.25) is 0 Å². The molecule has 2 aromatic rings. The molecular weight excluding hydrogens is 569 g/mol. The highest BCUT2D eigenvalue weighted by Gasteiger charge is 2.37. The van der Waals surface area contributed by atoms with E-state index in [0.717, 1.165) is 25.8 Å². The lowest BCUT2D eigenvalue weighted by molar-refractivity contribution is -0.150. The fourth-order valence-corrected chi connectivity index (χ4v) is 4.69. The van der Waals surface area contributed by atoms with Crippen LogP contribution < -0.4 is 9.47 Å². The molecule has 9 heteroatoms. The van der Waals surface area contributed by atoms with Crippen LogP contribution in [0.15, 0.2) is 47.4 Å². The zero-order valence-electron chi connectivity index (χ0n) is 19.2. The number of esters is 1. The van der Waals surface area contributed by atoms with E-state index in [4.69, 9.17) is 14.2 Å². The first-order valence-electron chi connectivity index (χ1n) is 10.9. The highest BCUT2D eigenvalue weighted by atomic mass is 127. The Hall–Kier alpha value is -2.53. The molecule has 1 aliphatic rings. The third-order valence-electron chi connectivity index (χ3n) is 4.92. The van der Waals surface area contributed by atoms with Gasteiger partial charge in [-0.2, -0.15) is 0 Å². The number of hydrogen-bond acceptors (Lipinski definition) is 7. The van der Waals surface area contributed by atoms with E-state index in [9.17, 15) is 14.4 Å². The number of amides is 2. The lowest BCUT2D eigenvalue weighted by atomic mass is 10.1. The third kappa shape index (κ3) is 6.75. The minimum absolute atomic E-state index is 0.234. The second kappa shape index (κ2) is 12.3. The van der Waals surface area contributed by atoms with E-state index in [-0.39, 0.29) is 11.0 Å². The molecule has 0 spiro atoms. The first-order chi connectivity index (χ1) is 16.3. The molecule has 0 saturated carbocycles. The molecule has 0 radical (unpaired) electrons. The summed E-state index contributed by atoms with van der Waals surface area (Å²) in [7, 11) is 0. The van der Waals surface area contributed by atoms with Gasteiger partial charge in [-0.3, -0.25) is 19.3 Å². The van der Waals surface area contributed by atoms with Crippen molar-refractivity contribution >= 4 is 57.5 Å². The first kappa shape index (κ1) is 26.1. The Kier molecular flexibility index (Phi) is 9.40. The number of ether oxygens (including phenoxy) is 3. The molecule has 2 aromatic carbocycles. The molecule has 1 heterocycles. The Balaban J connectivity index is 1.78. The molecule has 2 amide bonds. The lowest BCUT2D eigenvalue weighted by Gasteiger charge is -2.15. The number of hydrogen-bond donors (Lipinski definition) is 0. The minimum Gasteiger partial charge on any atom is -0.490 e. The van der Waals surface area contributed by atoms with Gasteiger partial charge in [-0.15, -0.1) is 0 Å². The molecular formula is C25H26INO6S. The van der Waals surface area contributed by atoms with Gasteiger partial charge >= 0.3 is 5.97 Å². The molecule has 1 atom stereocenters. The number of carbonyl (C=O) groups excluding carboxylic acids is 3. The average Bonchev–Trinajstić information content (AvgIpc) is 3.06. The molecule has 0 N–H and O–H groups in total. The van der Waals surface area contributed by atoms with Crippen LogP contribution in [0.1, 0.15) is 38.3 Å². The summed E-state index contributed by atoms with van der Waals surface area (Å²) >= 11 is 2.96. The van der Waals surface area contributed by atoms with Gasteiger partial charge in [0.25, 0.3) is 11.1 Å². The predicted molar refractivity (Wildman–Crippen MR) is 140 cm³/mol. The fraction of sp³-hybridized carbons (Fsp3) is 0.320. The summed E-state index contributed by atoms with van der Waals surface area (Å²) in [6, 6.07) is 13.4. The fourth-order valence-electron chi connectivity index (χ4n) is 3.07. The highest BCUT2D eigenvalue weighted by molar-refractivity contribution is 14.1. The van der Waals surface area contributed by atoms with E-state index in [1.807, 2.05) is 50.2 Å². The number of thioether (sulfide) groups is 1. The van der Waals surface area contributed by atoms with Crippen LogP contribution in [-0.4, -0.2) is 41.3 Å². The lowest BCUT2D eigenvalue weighted by Crippen LogP contribution is -2.35. The maximum absolute atomic E-state index is 12.8. The summed E-state index contributed by atoms with van der Waals surface area (Å²) in [4.78, 5) is 38.3. The molecule has 7 nitrogen and oxygen atoms in total. The summed E-state index contributed by atoms with van der Waals surface area (Å²) in [6.07, 6.45) is 2.00. The topological polar surface area (TPSA) is 82.1 Å². The summed E-state index contributed by atoms with van der Waals surface area (Å²) < 4.78 is 17.8. The maximum atomic E-state index is 12.8. The second-order valence-corrected chi connectivity index (χ2v) is 9.67. The summed E-state index contributed by atoms with van der Waals surface area (Å²) in [5, 5.41) is -0.500. The zero-order valence-corrected chi connectivity index (χ0v) is 22.2. The zero-order chi connectivity index (χ0) is 24.7. The SMILES string of the molecule is CCOc1cc(/C=C2/SC(=O)N(CC(=O)O[C@@H](C)CC)C2=O)cc(I)c1OCc1ccccc1. The maximum Gasteiger partial charge on any atom is 0.326 e. The predicted octanol–water partition coefficient (Wildman–Crippen LogP) is 5.65. The normalized spacial score (nSPS) is 15.5. The van der Waals surface area contributed by atoms with E-state index < -0.39 is 23.7 Å². The van der Waals surface area contributed by atoms with Crippen molar-refractivity contribution in [3.05, 3.63) is 62.1 Å². The number of rotatable bonds is 10. The van der Waals surface area contributed by atoms with Crippen molar-refractivity contribution in [3.63, 3.8) is 0 Å². The van der Waals surface area contributed by atoms with Crippen LogP contribution in [-0.2, 0) is 20.9 Å². The van der Waals surface area contributed by atoms with Crippen molar-refractivity contribution in [2.45, 2.75) is 39.9 Å². The van der Waals surface area contributed by atoms with Crippen molar-refractivity contribution in [2.24, 2.45) is 0 Å². The summed E-state index contributed by atoms with van der Waals surface area (Å²) in [6.45, 7) is 5.95. The number of benzene rings is 2. The molecule has 0 aromatic heterocycles. The van der Waals surface area contributed by atoms with Crippen molar-refractivity contribution in [1.29, 1.82) is 0 Å². The van der Waals surface area contributed by atoms with Gasteiger partial charge in [0.1, 0.15) is 13.2 Å². The van der Waals surface area contributed by atoms with Crippen molar-refractivity contribution < 1.29 is 28.6 Å². The van der Waals surface area contributed by atoms with Gasteiger partial charge in [0.05, 0.1) is 21.2 Å². The van der Waals surface area contributed by atoms with Crippen molar-refractivity contribution in [2.75, 3.05) is 13.2 Å². The van der Waals surface area contributed by atoms with Crippen molar-refractivity contribution in [1.82, 2.24) is 4.90 Å². The van der Waals surface area contributed by atoms with E-state index in [0.29, 0.717) is 36.7 Å². The minimum atomic E-state index is -0.606. The average molecular weight is 595 g/mol. The molecule has 1 aliphatic heterocycles. The van der Waals surface area contributed by atoms with Crippen LogP contribution in [0.25, 0.3) is 6.08 Å². The quantitative estimate of drug-likeness (QED) is 0.200. The molecule has 0 bridgehead atoms. The highest BCUT2D eigenvalue weighted by Crippen LogP contribution is 2.38. The molecule has 1 fully saturated rings. The smallest absolute Gasteiger partial charge is 0.326 e. The number of carbonyl (C=O) groups is 3. The van der Waals surface area contributed by atoms with Gasteiger partial charge in [0.15, 0.2) is 11.5 Å². The molecule has 1 saturated heterocycles. The van der Waals surface area contributed by atoms with E-state index >= 15 is 0 Å². The van der Waals surface area contributed by atoms with Crippen LogP contribution in [0.4, 0.5) is 4.79 Å². The second-order valence-electron chi connectivity index (χ2n) is 7.51. The molecule has 180 valence electrons.